The van der Waals surface area contributed by atoms with Gasteiger partial charge in [-0.3, -0.25) is 14.4 Å². The Hall–Kier alpha value is -2.68. The second-order valence-corrected chi connectivity index (χ2v) is 8.93. The lowest BCUT2D eigenvalue weighted by Gasteiger charge is -2.27. The molecule has 10 heteroatoms. The Bertz CT molecular complexity index is 1290. The van der Waals surface area contributed by atoms with E-state index in [0.717, 1.165) is 30.7 Å². The zero-order chi connectivity index (χ0) is 24.6. The van der Waals surface area contributed by atoms with Crippen LogP contribution < -0.4 is 10.3 Å². The van der Waals surface area contributed by atoms with Crippen molar-refractivity contribution in [3.63, 3.8) is 0 Å². The largest absolute Gasteiger partial charge is 0.573 e. The Morgan fingerprint density at radius 3 is 2.41 bits per heavy atom. The second-order valence-electron chi connectivity index (χ2n) is 8.12. The van der Waals surface area contributed by atoms with Crippen LogP contribution in [0.5, 0.6) is 5.75 Å². The predicted octanol–water partition coefficient (Wildman–Crippen LogP) is 5.98. The number of hydrogen-bond donors (Lipinski definition) is 0. The van der Waals surface area contributed by atoms with Crippen LogP contribution in [0.2, 0.25) is 10.0 Å². The van der Waals surface area contributed by atoms with E-state index in [1.807, 2.05) is 18.2 Å². The number of nitrogens with zero attached hydrogens (tertiary/aromatic N) is 3. The van der Waals surface area contributed by atoms with Gasteiger partial charge < -0.3 is 4.74 Å². The fraction of sp³-hybridized carbons (Fsp3) is 0.292. The Morgan fingerprint density at radius 1 is 1.09 bits per heavy atom. The summed E-state index contributed by atoms with van der Waals surface area (Å²) in [4.78, 5) is 15.0. The first-order valence-electron chi connectivity index (χ1n) is 10.5. The van der Waals surface area contributed by atoms with Crippen LogP contribution in [0.3, 0.4) is 0 Å². The molecule has 0 fully saturated rings. The SMILES string of the molecule is Cc1ccc(Cl)cc1C1=CCN(Cc2c(Cl)c(=O)n(-c3ccc(OC(F)(F)F)cc3)n2C)CC1. The van der Waals surface area contributed by atoms with Gasteiger partial charge in [0.2, 0.25) is 0 Å². The van der Waals surface area contributed by atoms with Gasteiger partial charge in [-0.1, -0.05) is 35.3 Å². The van der Waals surface area contributed by atoms with E-state index in [1.165, 1.54) is 28.0 Å². The number of rotatable bonds is 5. The van der Waals surface area contributed by atoms with E-state index in [4.69, 9.17) is 23.2 Å². The minimum absolute atomic E-state index is 0.0820. The topological polar surface area (TPSA) is 39.4 Å². The Balaban J connectivity index is 1.53. The lowest BCUT2D eigenvalue weighted by Crippen LogP contribution is -2.29. The molecule has 34 heavy (non-hydrogen) atoms. The standard InChI is InChI=1S/C24H22Cl2F3N3O2/c1-15-3-4-17(25)13-20(15)16-9-11-31(12-10-16)14-21-22(26)23(33)32(30(21)2)18-5-7-19(8-6-18)34-24(27,28)29/h3-9,13H,10-12,14H2,1-2H3. The number of hydrogen-bond acceptors (Lipinski definition) is 3. The molecule has 0 saturated heterocycles. The predicted molar refractivity (Wildman–Crippen MR) is 127 cm³/mol. The number of aromatic nitrogens is 2. The van der Waals surface area contributed by atoms with Crippen molar-refractivity contribution in [3.05, 3.63) is 85.8 Å². The van der Waals surface area contributed by atoms with Crippen molar-refractivity contribution in [1.82, 2.24) is 14.3 Å². The number of ether oxygens (including phenoxy) is 1. The molecule has 0 amide bonds. The fourth-order valence-corrected chi connectivity index (χ4v) is 4.55. The number of halogens is 5. The van der Waals surface area contributed by atoms with Crippen molar-refractivity contribution in [2.45, 2.75) is 26.3 Å². The summed E-state index contributed by atoms with van der Waals surface area (Å²) in [6.07, 6.45) is -1.80. The highest BCUT2D eigenvalue weighted by Gasteiger charge is 2.31. The third-order valence-electron chi connectivity index (χ3n) is 5.85. The van der Waals surface area contributed by atoms with Gasteiger partial charge in [-0.15, -0.1) is 13.2 Å². The maximum absolute atomic E-state index is 12.8. The number of aryl methyl sites for hydroxylation is 1. The smallest absolute Gasteiger partial charge is 0.406 e. The van der Waals surface area contributed by atoms with Gasteiger partial charge in [0, 0.05) is 31.7 Å². The monoisotopic (exact) mass is 511 g/mol. The lowest BCUT2D eigenvalue weighted by molar-refractivity contribution is -0.274. The van der Waals surface area contributed by atoms with Gasteiger partial charge in [0.05, 0.1) is 11.4 Å². The minimum atomic E-state index is -4.78. The molecule has 0 radical (unpaired) electrons. The van der Waals surface area contributed by atoms with Crippen molar-refractivity contribution in [2.24, 2.45) is 7.05 Å². The van der Waals surface area contributed by atoms with Crippen LogP contribution in [-0.2, 0) is 13.6 Å². The first kappa shape index (κ1) is 24.4. The van der Waals surface area contributed by atoms with Crippen molar-refractivity contribution in [3.8, 4) is 11.4 Å². The molecular weight excluding hydrogens is 490 g/mol. The lowest BCUT2D eigenvalue weighted by atomic mass is 9.95. The normalized spacial score (nSPS) is 14.9. The summed E-state index contributed by atoms with van der Waals surface area (Å²) in [5, 5.41) is 0.781. The maximum Gasteiger partial charge on any atom is 0.573 e. The van der Waals surface area contributed by atoms with Crippen molar-refractivity contribution < 1.29 is 17.9 Å². The molecule has 180 valence electrons. The molecule has 0 atom stereocenters. The van der Waals surface area contributed by atoms with Crippen LogP contribution in [0.25, 0.3) is 11.3 Å². The Labute approximate surface area is 204 Å². The van der Waals surface area contributed by atoms with Crippen LogP contribution in [-0.4, -0.2) is 33.7 Å². The molecule has 2 aromatic carbocycles. The minimum Gasteiger partial charge on any atom is -0.406 e. The summed E-state index contributed by atoms with van der Waals surface area (Å²) < 4.78 is 44.1. The molecular formula is C24H22Cl2F3N3O2. The van der Waals surface area contributed by atoms with E-state index >= 15 is 0 Å². The summed E-state index contributed by atoms with van der Waals surface area (Å²) in [5.74, 6) is -0.365. The summed E-state index contributed by atoms with van der Waals surface area (Å²) in [6, 6.07) is 10.9. The summed E-state index contributed by atoms with van der Waals surface area (Å²) in [5.41, 5.74) is 4.10. The molecule has 4 rings (SSSR count). The maximum atomic E-state index is 12.8. The molecule has 1 aromatic heterocycles. The van der Waals surface area contributed by atoms with Crippen molar-refractivity contribution >= 4 is 28.8 Å². The Morgan fingerprint density at radius 2 is 1.79 bits per heavy atom. The van der Waals surface area contributed by atoms with E-state index in [-0.39, 0.29) is 10.8 Å². The quantitative estimate of drug-likeness (QED) is 0.423. The van der Waals surface area contributed by atoms with E-state index in [2.05, 4.69) is 22.6 Å². The Kier molecular flexibility index (Phi) is 6.85. The summed E-state index contributed by atoms with van der Waals surface area (Å²) in [7, 11) is 1.70. The van der Waals surface area contributed by atoms with E-state index in [0.29, 0.717) is 29.5 Å². The van der Waals surface area contributed by atoms with Crippen LogP contribution in [0, 0.1) is 6.92 Å². The van der Waals surface area contributed by atoms with Crippen LogP contribution >= 0.6 is 23.2 Å². The molecule has 5 nitrogen and oxygen atoms in total. The molecule has 0 bridgehead atoms. The van der Waals surface area contributed by atoms with Gasteiger partial charge in [0.15, 0.2) is 0 Å². The van der Waals surface area contributed by atoms with Gasteiger partial charge >= 0.3 is 6.36 Å². The molecule has 0 saturated carbocycles. The summed E-state index contributed by atoms with van der Waals surface area (Å²) in [6.45, 7) is 3.96. The van der Waals surface area contributed by atoms with Crippen molar-refractivity contribution in [1.29, 1.82) is 0 Å². The third-order valence-corrected chi connectivity index (χ3v) is 6.47. The number of alkyl halides is 3. The average Bonchev–Trinajstić information content (AvgIpc) is 2.99. The molecule has 3 aromatic rings. The third kappa shape index (κ3) is 5.19. The zero-order valence-electron chi connectivity index (χ0n) is 18.5. The van der Waals surface area contributed by atoms with Gasteiger partial charge in [0.25, 0.3) is 5.56 Å². The first-order valence-corrected chi connectivity index (χ1v) is 11.3. The molecule has 1 aliphatic heterocycles. The highest BCUT2D eigenvalue weighted by atomic mass is 35.5. The first-order chi connectivity index (χ1) is 16.0. The number of benzene rings is 2. The highest BCUT2D eigenvalue weighted by Crippen LogP contribution is 2.29. The zero-order valence-corrected chi connectivity index (χ0v) is 20.0. The molecule has 2 heterocycles. The molecule has 0 N–H and O–H groups in total. The van der Waals surface area contributed by atoms with Crippen molar-refractivity contribution in [2.75, 3.05) is 13.1 Å². The molecule has 0 spiro atoms. The van der Waals surface area contributed by atoms with Crippen LogP contribution in [0.1, 0.15) is 23.2 Å². The van der Waals surface area contributed by atoms with Crippen LogP contribution in [0.15, 0.2) is 53.3 Å². The van der Waals surface area contributed by atoms with E-state index < -0.39 is 11.9 Å². The van der Waals surface area contributed by atoms with Gasteiger partial charge in [-0.25, -0.2) is 4.68 Å². The van der Waals surface area contributed by atoms with Gasteiger partial charge in [-0.05, 0) is 66.4 Å². The second kappa shape index (κ2) is 9.52. The fourth-order valence-electron chi connectivity index (χ4n) is 4.12. The highest BCUT2D eigenvalue weighted by molar-refractivity contribution is 6.31. The molecule has 0 aliphatic carbocycles. The van der Waals surface area contributed by atoms with Gasteiger partial charge in [0.1, 0.15) is 10.8 Å². The molecule has 1 aliphatic rings. The summed E-state index contributed by atoms with van der Waals surface area (Å²) >= 11 is 12.6. The van der Waals surface area contributed by atoms with E-state index in [1.54, 1.807) is 11.7 Å². The average molecular weight is 512 g/mol. The molecule has 0 unspecified atom stereocenters. The van der Waals surface area contributed by atoms with Crippen LogP contribution in [0.4, 0.5) is 13.2 Å². The van der Waals surface area contributed by atoms with Gasteiger partial charge in [-0.2, -0.15) is 0 Å². The van der Waals surface area contributed by atoms with E-state index in [9.17, 15) is 18.0 Å².